The Labute approximate surface area is 362 Å². The number of rotatable bonds is 16. The molecule has 10 atom stereocenters. The summed E-state index contributed by atoms with van der Waals surface area (Å²) in [5.74, 6) is -0.189. The third-order valence-electron chi connectivity index (χ3n) is 10.5. The number of nitrogens with zero attached hydrogens (tertiary/aromatic N) is 5. The number of unbranched alkanes of at least 4 members (excludes halogenated alkanes) is 7. The zero-order chi connectivity index (χ0) is 44.7. The van der Waals surface area contributed by atoms with Gasteiger partial charge in [0.05, 0.1) is 19.5 Å². The van der Waals surface area contributed by atoms with Crippen molar-refractivity contribution in [2.24, 2.45) is 5.73 Å². The van der Waals surface area contributed by atoms with E-state index in [2.05, 4.69) is 15.0 Å². The van der Waals surface area contributed by atoms with Crippen LogP contribution in [0, 0.1) is 0 Å². The Hall–Kier alpha value is -3.93. The van der Waals surface area contributed by atoms with Gasteiger partial charge >= 0.3 is 26.3 Å². The van der Waals surface area contributed by atoms with Gasteiger partial charge in [0.15, 0.2) is 36.3 Å². The number of fused-ring (bicyclic) bond motifs is 3. The first-order valence-corrected chi connectivity index (χ1v) is 24.9. The highest BCUT2D eigenvalue weighted by Gasteiger charge is 2.55. The highest BCUT2D eigenvalue weighted by atomic mass is 32.7. The molecule has 3 aliphatic heterocycles. The summed E-state index contributed by atoms with van der Waals surface area (Å²) >= 11 is 0.614. The Kier molecular flexibility index (Phi) is 15.6. The van der Waals surface area contributed by atoms with Crippen LogP contribution in [0.2, 0.25) is 0 Å². The van der Waals surface area contributed by atoms with Gasteiger partial charge in [0, 0.05) is 24.4 Å². The van der Waals surface area contributed by atoms with Gasteiger partial charge in [0.25, 0.3) is 5.56 Å². The molecular weight excluding hydrogens is 896 g/mol. The van der Waals surface area contributed by atoms with E-state index < -0.39 is 88.3 Å². The molecule has 0 saturated carbocycles. The van der Waals surface area contributed by atoms with Crippen molar-refractivity contribution in [2.45, 2.75) is 113 Å². The molecule has 6 heterocycles. The minimum atomic E-state index is -5.22. The maximum Gasteiger partial charge on any atom is 0.472 e. The van der Waals surface area contributed by atoms with Crippen molar-refractivity contribution in [1.82, 2.24) is 29.1 Å². The Bertz CT molecular complexity index is 2410. The molecule has 1 aromatic carbocycles. The van der Waals surface area contributed by atoms with Crippen molar-refractivity contribution in [3.05, 3.63) is 75.6 Å². The molecule has 3 aliphatic rings. The number of hydrogen-bond acceptors (Lipinski definition) is 18. The number of aromatic nitrogens is 6. The third-order valence-corrected chi connectivity index (χ3v) is 15.1. The van der Waals surface area contributed by atoms with Gasteiger partial charge in [0.1, 0.15) is 42.0 Å². The molecule has 63 heavy (non-hydrogen) atoms. The number of nitrogen functional groups attached to an aromatic ring is 1. The van der Waals surface area contributed by atoms with Crippen LogP contribution in [0.4, 0.5) is 14.6 Å². The Morgan fingerprint density at radius 1 is 0.873 bits per heavy atom. The van der Waals surface area contributed by atoms with Gasteiger partial charge in [-0.1, -0.05) is 50.7 Å². The largest absolute Gasteiger partial charge is 0.472 e. The molecule has 2 unspecified atom stereocenters. The topological polar surface area (TPSA) is 287 Å². The summed E-state index contributed by atoms with van der Waals surface area (Å²) in [6, 6.07) is 7.27. The number of H-pyrrole nitrogens is 1. The van der Waals surface area contributed by atoms with Gasteiger partial charge in [-0.15, -0.1) is 0 Å². The van der Waals surface area contributed by atoms with Crippen molar-refractivity contribution in [1.29, 1.82) is 0 Å². The Morgan fingerprint density at radius 3 is 2.19 bits per heavy atom. The van der Waals surface area contributed by atoms with Crippen LogP contribution in [-0.2, 0) is 47.2 Å². The molecule has 0 spiro atoms. The molecular formula is C37H48F2N8O13P2S. The number of imidazole rings is 1. The number of benzene rings is 1. The molecule has 26 heteroatoms. The molecule has 0 radical (unpaired) electrons. The molecule has 7 rings (SSSR count). The molecule has 0 aliphatic carbocycles. The smallest absolute Gasteiger partial charge is 0.427 e. The van der Waals surface area contributed by atoms with Crippen LogP contribution >= 0.6 is 26.0 Å². The quantitative estimate of drug-likeness (QED) is 0.0509. The lowest BCUT2D eigenvalue weighted by molar-refractivity contribution is -0.134. The van der Waals surface area contributed by atoms with Crippen molar-refractivity contribution in [3.63, 3.8) is 0 Å². The first-order chi connectivity index (χ1) is 30.2. The summed E-state index contributed by atoms with van der Waals surface area (Å²) in [7, 11) is -5.22. The lowest BCUT2D eigenvalue weighted by Crippen LogP contribution is -2.38. The number of alkyl halides is 2. The highest BCUT2D eigenvalue weighted by Crippen LogP contribution is 2.65. The van der Waals surface area contributed by atoms with Crippen LogP contribution in [-0.4, -0.2) is 96.5 Å². The average Bonchev–Trinajstić information content (AvgIpc) is 3.91. The van der Waals surface area contributed by atoms with E-state index in [1.807, 2.05) is 4.98 Å². The molecule has 3 saturated heterocycles. The molecule has 3 aromatic heterocycles. The van der Waals surface area contributed by atoms with E-state index in [1.54, 1.807) is 24.3 Å². The minimum absolute atomic E-state index is 0.00867. The molecule has 21 nitrogen and oxygen atoms in total. The number of phosphoric acid groups is 1. The number of carbonyl (C=O) groups excluding carboxylic acids is 1. The van der Waals surface area contributed by atoms with Crippen molar-refractivity contribution in [2.75, 3.05) is 25.5 Å². The number of aromatic amines is 1. The van der Waals surface area contributed by atoms with Crippen LogP contribution in [0.3, 0.4) is 0 Å². The van der Waals surface area contributed by atoms with Gasteiger partial charge in [0.2, 0.25) is 0 Å². The van der Waals surface area contributed by atoms with Crippen LogP contribution < -0.4 is 27.5 Å². The lowest BCUT2D eigenvalue weighted by Gasteiger charge is -2.29. The normalized spacial score (nSPS) is 30.0. The van der Waals surface area contributed by atoms with Crippen LogP contribution in [0.5, 0.6) is 5.75 Å². The van der Waals surface area contributed by atoms with Crippen molar-refractivity contribution < 1.29 is 59.9 Å². The van der Waals surface area contributed by atoms with Gasteiger partial charge < -0.3 is 30.6 Å². The second kappa shape index (κ2) is 20.9. The summed E-state index contributed by atoms with van der Waals surface area (Å²) in [6.45, 7) is -5.64. The fourth-order valence-electron chi connectivity index (χ4n) is 7.27. The highest BCUT2D eigenvalue weighted by molar-refractivity contribution is 8.54. The number of halogens is 2. The maximum atomic E-state index is 16.4. The average molecular weight is 945 g/mol. The Balaban J connectivity index is 1.07. The van der Waals surface area contributed by atoms with Crippen molar-refractivity contribution in [3.8, 4) is 5.75 Å². The molecule has 0 bridgehead atoms. The predicted molar refractivity (Wildman–Crippen MR) is 222 cm³/mol. The van der Waals surface area contributed by atoms with Crippen LogP contribution in [0.1, 0.15) is 75.8 Å². The monoisotopic (exact) mass is 944 g/mol. The van der Waals surface area contributed by atoms with Crippen molar-refractivity contribution >= 4 is 49.0 Å². The van der Waals surface area contributed by atoms with Gasteiger partial charge in [-0.25, -0.2) is 37.7 Å². The van der Waals surface area contributed by atoms with E-state index in [1.165, 1.54) is 10.9 Å². The minimum Gasteiger partial charge on any atom is -0.427 e. The number of anilines is 1. The van der Waals surface area contributed by atoms with Crippen LogP contribution in [0.25, 0.3) is 11.2 Å². The maximum absolute atomic E-state index is 16.4. The first kappa shape index (κ1) is 47.0. The lowest BCUT2D eigenvalue weighted by atomic mass is 10.1. The summed E-state index contributed by atoms with van der Waals surface area (Å²) < 4.78 is 102. The number of carbonyl (C=O) groups is 1. The van der Waals surface area contributed by atoms with E-state index in [0.29, 0.717) is 34.5 Å². The third kappa shape index (κ3) is 11.7. The van der Waals surface area contributed by atoms with E-state index in [9.17, 15) is 28.4 Å². The zero-order valence-electron chi connectivity index (χ0n) is 33.7. The molecule has 0 amide bonds. The summed E-state index contributed by atoms with van der Waals surface area (Å²) in [5.41, 5.74) is 10.3. The summed E-state index contributed by atoms with van der Waals surface area (Å²) in [4.78, 5) is 61.8. The van der Waals surface area contributed by atoms with Crippen LogP contribution in [0.15, 0.2) is 58.8 Å². The van der Waals surface area contributed by atoms with E-state index in [-0.39, 0.29) is 40.9 Å². The van der Waals surface area contributed by atoms with Gasteiger partial charge in [-0.05, 0) is 48.5 Å². The number of nitrogens with two attached hydrogens (primary N) is 2. The standard InChI is InChI=1S/C37H48F2N8O13P2S/c38-28-31-25(58-36(28)47-21-44-30-33(41)42-20-43-34(30)47)18-55-62(53,63-19-22-10-12-23(13-11-22)56-27(49)9-7-5-3-1-2-4-6-8-15-40)60-32-24(17-54-61(51,52)59-31)57-35(29(32)39)46-16-14-26(48)45-37(46)50/h10-14,16,20-21,24-25,28-29,31-32,35-36H,1-9,15,17-19,40H2,(H,51,52)(H2,41,42,43)(H,45,48,50)/t24-,25-,28-,29-,31-,32-,35-,36-,62?/m1/s1. The first-order valence-electron chi connectivity index (χ1n) is 20.3. The number of hydrogen-bond donors (Lipinski definition) is 4. The van der Waals surface area contributed by atoms with Gasteiger partial charge in [-0.3, -0.25) is 41.8 Å². The number of nitrogens with one attached hydrogen (secondary N) is 1. The predicted octanol–water partition coefficient (Wildman–Crippen LogP) is 4.76. The number of ether oxygens (including phenoxy) is 3. The van der Waals surface area contributed by atoms with E-state index in [4.69, 9.17) is 43.8 Å². The number of esters is 1. The summed E-state index contributed by atoms with van der Waals surface area (Å²) in [5, 5.41) is 0. The fraction of sp³-hybridized carbons (Fsp3) is 0.568. The SMILES string of the molecule is NCCCCCCCCCCC(=O)Oc1ccc(CSP2(=O)OC[C@H]3O[C@@H](n4cnc5c(N)ncnc54)[C@H](F)[C@@H]3OP(=O)(O)OC[C@H]3O[C@@H](n4ccc(=O)[nH]c4=O)[C@H](F)[C@@H]3O2)cc1. The fourth-order valence-corrected chi connectivity index (χ4v) is 11.6. The molecule has 6 N–H and O–H groups in total. The number of phosphoric ester groups is 1. The van der Waals surface area contributed by atoms with E-state index >= 15 is 8.78 Å². The summed E-state index contributed by atoms with van der Waals surface area (Å²) in [6.07, 6.45) is -3.19. The van der Waals surface area contributed by atoms with Gasteiger partial charge in [-0.2, -0.15) is 0 Å². The Morgan fingerprint density at radius 2 is 1.51 bits per heavy atom. The second-order valence-electron chi connectivity index (χ2n) is 15.0. The molecule has 344 valence electrons. The molecule has 3 fully saturated rings. The zero-order valence-corrected chi connectivity index (χ0v) is 36.3. The molecule has 4 aromatic rings. The van der Waals surface area contributed by atoms with E-state index in [0.717, 1.165) is 63.5 Å². The second-order valence-corrected chi connectivity index (χ2v) is 20.5.